The molecule has 1 aromatic heterocycles. The normalized spacial score (nSPS) is 16.5. The predicted octanol–water partition coefficient (Wildman–Crippen LogP) is 14.4. The van der Waals surface area contributed by atoms with Crippen LogP contribution in [0.5, 0.6) is 0 Å². The molecular formula is C57H41NS. The van der Waals surface area contributed by atoms with Crippen LogP contribution in [0.4, 0.5) is 0 Å². The second-order valence-corrected chi connectivity index (χ2v) is 17.5. The molecule has 0 spiro atoms. The number of aromatic nitrogens is 1. The highest BCUT2D eigenvalue weighted by Gasteiger charge is 2.49. The van der Waals surface area contributed by atoms with E-state index < -0.39 is 5.41 Å². The largest absolute Gasteiger partial charge is 0.309 e. The number of benzene rings is 8. The van der Waals surface area contributed by atoms with Crippen molar-refractivity contribution in [2.24, 2.45) is 0 Å². The second kappa shape index (κ2) is 13.8. The van der Waals surface area contributed by atoms with Crippen LogP contribution in [0.25, 0.3) is 44.2 Å². The summed E-state index contributed by atoms with van der Waals surface area (Å²) in [5.41, 5.74) is 18.3. The predicted molar refractivity (Wildman–Crippen MR) is 248 cm³/mol. The van der Waals surface area contributed by atoms with E-state index >= 15 is 0 Å². The first-order chi connectivity index (χ1) is 29.3. The summed E-state index contributed by atoms with van der Waals surface area (Å²) in [6, 6.07) is 74.9. The van der Waals surface area contributed by atoms with Gasteiger partial charge >= 0.3 is 0 Å². The van der Waals surface area contributed by atoms with Crippen molar-refractivity contribution in [2.45, 2.75) is 34.3 Å². The zero-order chi connectivity index (χ0) is 38.9. The van der Waals surface area contributed by atoms with E-state index in [1.54, 1.807) is 0 Å². The topological polar surface area (TPSA) is 4.93 Å². The Hall–Kier alpha value is -6.61. The summed E-state index contributed by atoms with van der Waals surface area (Å²) >= 11 is 2.05. The Bertz CT molecular complexity index is 3090. The van der Waals surface area contributed by atoms with Crippen LogP contribution in [0, 0.1) is 0 Å². The van der Waals surface area contributed by atoms with Gasteiger partial charge in [-0.05, 0) is 117 Å². The Morgan fingerprint density at radius 2 is 1.15 bits per heavy atom. The number of nitrogens with zero attached hydrogens (tertiary/aromatic N) is 1. The molecule has 3 aliphatic rings. The molecule has 280 valence electrons. The smallest absolute Gasteiger partial charge is 0.0716 e. The number of thioether (sulfide) groups is 1. The summed E-state index contributed by atoms with van der Waals surface area (Å²) in [7, 11) is 0. The molecule has 1 aliphatic heterocycles. The van der Waals surface area contributed by atoms with E-state index in [4.69, 9.17) is 0 Å². The van der Waals surface area contributed by atoms with E-state index in [9.17, 15) is 0 Å². The summed E-state index contributed by atoms with van der Waals surface area (Å²) in [4.78, 5) is 1.39. The molecule has 59 heavy (non-hydrogen) atoms. The van der Waals surface area contributed by atoms with Gasteiger partial charge in [0.1, 0.15) is 0 Å². The van der Waals surface area contributed by atoms with E-state index in [0.29, 0.717) is 5.25 Å². The molecule has 0 radical (unpaired) electrons. The summed E-state index contributed by atoms with van der Waals surface area (Å²) in [5, 5.41) is 2.93. The molecule has 12 rings (SSSR count). The summed E-state index contributed by atoms with van der Waals surface area (Å²) < 4.78 is 2.42. The monoisotopic (exact) mass is 771 g/mol. The van der Waals surface area contributed by atoms with Crippen LogP contribution in [-0.4, -0.2) is 9.82 Å². The maximum absolute atomic E-state index is 2.58. The van der Waals surface area contributed by atoms with Gasteiger partial charge in [0.25, 0.3) is 0 Å². The van der Waals surface area contributed by atoms with Crippen molar-refractivity contribution in [3.8, 4) is 16.8 Å². The number of allylic oxidation sites excluding steroid dienone is 3. The van der Waals surface area contributed by atoms with Crippen LogP contribution >= 0.6 is 11.8 Å². The van der Waals surface area contributed by atoms with Crippen LogP contribution in [0.3, 0.4) is 0 Å². The molecule has 0 bridgehead atoms. The van der Waals surface area contributed by atoms with E-state index in [2.05, 4.69) is 229 Å². The molecule has 1 nitrogen and oxygen atoms in total. The van der Waals surface area contributed by atoms with Crippen LogP contribution < -0.4 is 0 Å². The van der Waals surface area contributed by atoms with Crippen molar-refractivity contribution in [3.63, 3.8) is 0 Å². The molecule has 2 heterocycles. The molecule has 2 aliphatic carbocycles. The lowest BCUT2D eigenvalue weighted by Gasteiger charge is -2.38. The number of hydrogen-bond acceptors (Lipinski definition) is 1. The Balaban J connectivity index is 1.08. The van der Waals surface area contributed by atoms with Gasteiger partial charge in [-0.25, -0.2) is 0 Å². The Kier molecular flexibility index (Phi) is 8.03. The van der Waals surface area contributed by atoms with Crippen molar-refractivity contribution in [3.05, 3.63) is 257 Å². The lowest BCUT2D eigenvalue weighted by atomic mass is 9.64. The van der Waals surface area contributed by atoms with Gasteiger partial charge in [0.15, 0.2) is 0 Å². The van der Waals surface area contributed by atoms with Gasteiger partial charge in [-0.2, -0.15) is 0 Å². The zero-order valence-corrected chi connectivity index (χ0v) is 33.4. The molecular weight excluding hydrogens is 731 g/mol. The first-order valence-corrected chi connectivity index (χ1v) is 21.7. The third kappa shape index (κ3) is 5.26. The SMILES string of the molecule is C1=CC(C2(c3ccccc3)c3ccccc3-c3ccccc32)=C2c3cc(C(Cc4ccccc4)c4ccc5c(c4)c4ccccc4n5-c4ccccc4)ccc3SC2C1. The lowest BCUT2D eigenvalue weighted by molar-refractivity contribution is 0.759. The fourth-order valence-corrected chi connectivity index (χ4v) is 12.0. The number of hydrogen-bond donors (Lipinski definition) is 0. The summed E-state index contributed by atoms with van der Waals surface area (Å²) in [5.74, 6) is 0.161. The molecule has 0 saturated carbocycles. The highest BCUT2D eigenvalue weighted by atomic mass is 32.2. The quantitative estimate of drug-likeness (QED) is 0.156. The standard InChI is InChI=1S/C57H41NS/c1-4-17-38(18-5-1)35-46(39-31-33-53-47(36-39)45-25-12-15-29-52(45)58(53)42-21-8-3-9-22-42)40-32-34-54-48(37-40)56-51(28-16-30-55(56)59-54)57(41-19-6-2-7-20-41)49-26-13-10-23-43(49)44-24-11-14-27-50(44)57/h1-29,31-34,36-37,46,55H,30,35H2. The fourth-order valence-electron chi connectivity index (χ4n) is 10.7. The molecule has 0 N–H and O–H groups in total. The van der Waals surface area contributed by atoms with Gasteiger partial charge in [-0.3, -0.25) is 0 Å². The molecule has 2 atom stereocenters. The van der Waals surface area contributed by atoms with Gasteiger partial charge < -0.3 is 4.57 Å². The molecule has 2 heteroatoms. The van der Waals surface area contributed by atoms with E-state index in [-0.39, 0.29) is 5.92 Å². The number of para-hydroxylation sites is 2. The molecule has 8 aromatic carbocycles. The first kappa shape index (κ1) is 34.4. The van der Waals surface area contributed by atoms with Crippen molar-refractivity contribution >= 4 is 39.1 Å². The van der Waals surface area contributed by atoms with Crippen molar-refractivity contribution in [2.75, 3.05) is 0 Å². The number of fused-ring (bicyclic) bond motifs is 9. The zero-order valence-electron chi connectivity index (χ0n) is 32.6. The number of rotatable bonds is 7. The minimum absolute atomic E-state index is 0.161. The first-order valence-electron chi connectivity index (χ1n) is 20.9. The molecule has 0 amide bonds. The highest BCUT2D eigenvalue weighted by Crippen LogP contribution is 2.61. The summed E-state index contributed by atoms with van der Waals surface area (Å²) in [6.45, 7) is 0. The average molecular weight is 772 g/mol. The van der Waals surface area contributed by atoms with Crippen LogP contribution in [0.1, 0.15) is 51.3 Å². The fraction of sp³-hybridized carbons (Fsp3) is 0.0877. The van der Waals surface area contributed by atoms with Crippen LogP contribution in [-0.2, 0) is 11.8 Å². The van der Waals surface area contributed by atoms with Gasteiger partial charge in [0.2, 0.25) is 0 Å². The average Bonchev–Trinajstić information content (AvgIpc) is 3.95. The van der Waals surface area contributed by atoms with Crippen molar-refractivity contribution in [1.29, 1.82) is 0 Å². The molecule has 2 unspecified atom stereocenters. The molecule has 9 aromatic rings. The minimum atomic E-state index is -0.432. The Morgan fingerprint density at radius 1 is 0.542 bits per heavy atom. The van der Waals surface area contributed by atoms with Crippen LogP contribution in [0.2, 0.25) is 0 Å². The molecule has 0 saturated heterocycles. The van der Waals surface area contributed by atoms with Crippen molar-refractivity contribution in [1.82, 2.24) is 4.57 Å². The maximum Gasteiger partial charge on any atom is 0.0716 e. The summed E-state index contributed by atoms with van der Waals surface area (Å²) in [6.07, 6.45) is 6.87. The van der Waals surface area contributed by atoms with E-state index in [1.807, 2.05) is 0 Å². The van der Waals surface area contributed by atoms with Crippen LogP contribution in [0.15, 0.2) is 223 Å². The minimum Gasteiger partial charge on any atom is -0.309 e. The second-order valence-electron chi connectivity index (χ2n) is 16.2. The highest BCUT2D eigenvalue weighted by molar-refractivity contribution is 8.00. The lowest BCUT2D eigenvalue weighted by Crippen LogP contribution is -2.31. The third-order valence-corrected chi connectivity index (χ3v) is 14.5. The van der Waals surface area contributed by atoms with E-state index in [0.717, 1.165) is 12.8 Å². The maximum atomic E-state index is 2.58. The Labute approximate surface area is 350 Å². The van der Waals surface area contributed by atoms with E-state index in [1.165, 1.54) is 93.6 Å². The van der Waals surface area contributed by atoms with Gasteiger partial charge in [0, 0.05) is 32.5 Å². The van der Waals surface area contributed by atoms with Gasteiger partial charge in [-0.1, -0.05) is 170 Å². The Morgan fingerprint density at radius 3 is 1.92 bits per heavy atom. The van der Waals surface area contributed by atoms with Crippen molar-refractivity contribution < 1.29 is 0 Å². The van der Waals surface area contributed by atoms with Gasteiger partial charge in [0.05, 0.1) is 16.4 Å². The van der Waals surface area contributed by atoms with Gasteiger partial charge in [-0.15, -0.1) is 11.8 Å². The molecule has 0 fully saturated rings. The third-order valence-electron chi connectivity index (χ3n) is 13.2.